The number of thiol groups is 1. The van der Waals surface area contributed by atoms with E-state index in [9.17, 15) is 24.3 Å². The summed E-state index contributed by atoms with van der Waals surface area (Å²) in [4.78, 5) is 56.8. The average molecular weight is 592 g/mol. The zero-order valence-corrected chi connectivity index (χ0v) is 23.6. The van der Waals surface area contributed by atoms with E-state index in [0.717, 1.165) is 0 Å². The highest BCUT2D eigenvalue weighted by molar-refractivity contribution is 7.98. The second-order valence-corrected chi connectivity index (χ2v) is 10.5. The van der Waals surface area contributed by atoms with Crippen LogP contribution in [0.4, 0.5) is 5.69 Å². The standard InChI is InChI=1S/C26H30ClN5O5S2/c1-39-10-9-19(26(36)37)30-22(34)13-32-20-8-7-16(27)11-17(20)23(15-5-3-2-4-6-15)31-24(25(32)35)29-12-21(33)18(28)14-38/h2-8,11,18-19,24,29,38H,9-10,12-14,28H2,1H3,(H,30,34)(H,36,37)/t18?,19-,24?/m0/s1. The van der Waals surface area contributed by atoms with Gasteiger partial charge in [-0.25, -0.2) is 4.79 Å². The van der Waals surface area contributed by atoms with Gasteiger partial charge in [0.2, 0.25) is 5.91 Å². The number of ketones is 1. The van der Waals surface area contributed by atoms with Crippen LogP contribution in [0.1, 0.15) is 17.5 Å². The molecule has 0 bridgehead atoms. The van der Waals surface area contributed by atoms with Gasteiger partial charge in [-0.2, -0.15) is 24.4 Å². The van der Waals surface area contributed by atoms with Gasteiger partial charge in [-0.3, -0.25) is 29.6 Å². The fourth-order valence-electron chi connectivity index (χ4n) is 3.88. The van der Waals surface area contributed by atoms with Crippen LogP contribution in [0.5, 0.6) is 0 Å². The van der Waals surface area contributed by atoms with Crippen molar-refractivity contribution in [2.24, 2.45) is 10.7 Å². The molecule has 10 nitrogen and oxygen atoms in total. The topological polar surface area (TPSA) is 154 Å². The molecule has 5 N–H and O–H groups in total. The van der Waals surface area contributed by atoms with Crippen LogP contribution in [0.25, 0.3) is 0 Å². The number of benzodiazepines with no additional fused rings is 1. The lowest BCUT2D eigenvalue weighted by Crippen LogP contribution is -2.52. The minimum Gasteiger partial charge on any atom is -0.480 e. The molecular formula is C26H30ClN5O5S2. The summed E-state index contributed by atoms with van der Waals surface area (Å²) >= 11 is 11.8. The van der Waals surface area contributed by atoms with Crippen LogP contribution < -0.4 is 21.3 Å². The van der Waals surface area contributed by atoms with Gasteiger partial charge >= 0.3 is 5.97 Å². The van der Waals surface area contributed by atoms with Crippen molar-refractivity contribution in [2.75, 3.05) is 35.8 Å². The molecule has 3 rings (SSSR count). The summed E-state index contributed by atoms with van der Waals surface area (Å²) in [6.45, 7) is -0.729. The van der Waals surface area contributed by atoms with E-state index in [2.05, 4.69) is 28.3 Å². The van der Waals surface area contributed by atoms with Crippen molar-refractivity contribution in [1.82, 2.24) is 10.6 Å². The monoisotopic (exact) mass is 591 g/mol. The first-order chi connectivity index (χ1) is 18.7. The number of carbonyl (C=O) groups excluding carboxylic acids is 3. The van der Waals surface area contributed by atoms with Crippen molar-refractivity contribution >= 4 is 71.0 Å². The van der Waals surface area contributed by atoms with Crippen molar-refractivity contribution in [3.05, 3.63) is 64.7 Å². The van der Waals surface area contributed by atoms with E-state index in [0.29, 0.717) is 33.3 Å². The number of aliphatic imine (C=N–C) groups is 1. The van der Waals surface area contributed by atoms with Crippen LogP contribution >= 0.6 is 36.0 Å². The van der Waals surface area contributed by atoms with Gasteiger partial charge in [0.05, 0.1) is 24.0 Å². The van der Waals surface area contributed by atoms with Gasteiger partial charge in [-0.15, -0.1) is 0 Å². The smallest absolute Gasteiger partial charge is 0.326 e. The van der Waals surface area contributed by atoms with Gasteiger partial charge in [0.25, 0.3) is 5.91 Å². The van der Waals surface area contributed by atoms with E-state index in [-0.39, 0.29) is 24.5 Å². The van der Waals surface area contributed by atoms with Crippen LogP contribution in [0.2, 0.25) is 5.02 Å². The van der Waals surface area contributed by atoms with Crippen LogP contribution in [0.3, 0.4) is 0 Å². The molecule has 1 aliphatic rings. The molecule has 0 fully saturated rings. The van der Waals surface area contributed by atoms with E-state index < -0.39 is 42.6 Å². The molecule has 208 valence electrons. The van der Waals surface area contributed by atoms with E-state index in [1.807, 2.05) is 36.6 Å². The van der Waals surface area contributed by atoms with E-state index >= 15 is 0 Å². The third kappa shape index (κ3) is 8.05. The zero-order chi connectivity index (χ0) is 28.5. The quantitative estimate of drug-likeness (QED) is 0.220. The van der Waals surface area contributed by atoms with Crippen LogP contribution in [0, 0.1) is 0 Å². The van der Waals surface area contributed by atoms with E-state index in [1.165, 1.54) is 16.7 Å². The molecule has 0 aliphatic carbocycles. The second kappa shape index (κ2) is 14.5. The van der Waals surface area contributed by atoms with Crippen molar-refractivity contribution in [2.45, 2.75) is 24.7 Å². The largest absolute Gasteiger partial charge is 0.480 e. The Bertz CT molecular complexity index is 1250. The zero-order valence-electron chi connectivity index (χ0n) is 21.2. The third-order valence-corrected chi connectivity index (χ3v) is 7.21. The third-order valence-electron chi connectivity index (χ3n) is 5.94. The van der Waals surface area contributed by atoms with Crippen molar-refractivity contribution in [1.29, 1.82) is 0 Å². The van der Waals surface area contributed by atoms with Crippen LogP contribution in [-0.4, -0.2) is 83.5 Å². The first-order valence-corrected chi connectivity index (χ1v) is 14.4. The molecule has 0 saturated carbocycles. The van der Waals surface area contributed by atoms with Gasteiger partial charge in [-0.1, -0.05) is 41.9 Å². The molecule has 1 aliphatic heterocycles. The number of nitrogens with zero attached hydrogens (tertiary/aromatic N) is 2. The first-order valence-electron chi connectivity index (χ1n) is 12.0. The lowest BCUT2D eigenvalue weighted by atomic mass is 10.00. The number of nitrogens with one attached hydrogen (secondary N) is 2. The summed E-state index contributed by atoms with van der Waals surface area (Å²) in [6.07, 6.45) is 0.813. The average Bonchev–Trinajstić information content (AvgIpc) is 3.03. The van der Waals surface area contributed by atoms with Gasteiger partial charge in [0.15, 0.2) is 11.9 Å². The number of carboxylic acid groups (broad SMARTS) is 1. The summed E-state index contributed by atoms with van der Waals surface area (Å²) in [5.41, 5.74) is 7.76. The Kier molecular flexibility index (Phi) is 11.4. The summed E-state index contributed by atoms with van der Waals surface area (Å²) in [7, 11) is 0. The number of nitrogens with two attached hydrogens (primary N) is 1. The van der Waals surface area contributed by atoms with Crippen molar-refractivity contribution in [3.8, 4) is 0 Å². The maximum absolute atomic E-state index is 13.8. The fraction of sp³-hybridized carbons (Fsp3) is 0.346. The highest BCUT2D eigenvalue weighted by Gasteiger charge is 2.34. The Morgan fingerprint density at radius 3 is 2.59 bits per heavy atom. The van der Waals surface area contributed by atoms with Gasteiger partial charge in [0, 0.05) is 21.9 Å². The molecule has 2 aromatic rings. The molecule has 39 heavy (non-hydrogen) atoms. The molecule has 3 atom stereocenters. The van der Waals surface area contributed by atoms with Gasteiger partial charge in [-0.05, 0) is 36.6 Å². The molecule has 2 amide bonds. The lowest BCUT2D eigenvalue weighted by Gasteiger charge is -2.26. The molecular weight excluding hydrogens is 562 g/mol. The number of anilines is 1. The van der Waals surface area contributed by atoms with Gasteiger partial charge < -0.3 is 16.2 Å². The molecule has 13 heteroatoms. The number of aliphatic carboxylic acids is 1. The lowest BCUT2D eigenvalue weighted by molar-refractivity contribution is -0.141. The molecule has 0 saturated heterocycles. The van der Waals surface area contributed by atoms with E-state index in [4.69, 9.17) is 17.3 Å². The Balaban J connectivity index is 2.02. The predicted octanol–water partition coefficient (Wildman–Crippen LogP) is 1.59. The minimum atomic E-state index is -1.25. The maximum Gasteiger partial charge on any atom is 0.326 e. The van der Waals surface area contributed by atoms with Crippen LogP contribution in [0.15, 0.2) is 53.5 Å². The number of hydrogen-bond donors (Lipinski definition) is 5. The summed E-state index contributed by atoms with van der Waals surface area (Å²) in [5, 5.41) is 15.3. The SMILES string of the molecule is CSCC[C@H](NC(=O)CN1C(=O)C(NCC(=O)C(N)CS)N=C(c2ccccc2)c2cc(Cl)ccc21)C(=O)O. The summed E-state index contributed by atoms with van der Waals surface area (Å²) in [5.74, 6) is -2.13. The van der Waals surface area contributed by atoms with Crippen molar-refractivity contribution in [3.63, 3.8) is 0 Å². The number of thioether (sulfide) groups is 1. The number of halogens is 1. The Hall–Kier alpha value is -2.90. The Morgan fingerprint density at radius 1 is 1.23 bits per heavy atom. The molecule has 1 heterocycles. The molecule has 0 spiro atoms. The predicted molar refractivity (Wildman–Crippen MR) is 157 cm³/mol. The summed E-state index contributed by atoms with van der Waals surface area (Å²) < 4.78 is 0. The normalized spacial score (nSPS) is 16.5. The second-order valence-electron chi connectivity index (χ2n) is 8.71. The number of hydrogen-bond acceptors (Lipinski definition) is 9. The summed E-state index contributed by atoms with van der Waals surface area (Å²) in [6, 6.07) is 12.0. The first kappa shape index (κ1) is 30.6. The highest BCUT2D eigenvalue weighted by Crippen LogP contribution is 2.30. The number of amides is 2. The Labute approximate surface area is 241 Å². The van der Waals surface area contributed by atoms with Crippen molar-refractivity contribution < 1.29 is 24.3 Å². The molecule has 0 radical (unpaired) electrons. The molecule has 0 aromatic heterocycles. The number of carboxylic acids is 1. The fourth-order valence-corrected chi connectivity index (χ4v) is 4.73. The number of benzene rings is 2. The maximum atomic E-state index is 13.8. The minimum absolute atomic E-state index is 0.134. The number of Topliss-reactive ketones (excluding diaryl/α,β-unsaturated/α-hetero) is 1. The number of fused-ring (bicyclic) bond motifs is 1. The van der Waals surface area contributed by atoms with E-state index in [1.54, 1.807) is 18.2 Å². The highest BCUT2D eigenvalue weighted by atomic mass is 35.5. The molecule has 2 unspecified atom stereocenters. The number of carbonyl (C=O) groups is 4. The van der Waals surface area contributed by atoms with Gasteiger partial charge in [0.1, 0.15) is 12.6 Å². The Morgan fingerprint density at radius 2 is 1.95 bits per heavy atom. The number of rotatable bonds is 13. The molecule has 2 aromatic carbocycles. The van der Waals surface area contributed by atoms with Crippen LogP contribution in [-0.2, 0) is 19.2 Å².